The number of nitrogens with one attached hydrogen (secondary N) is 1. The van der Waals surface area contributed by atoms with Gasteiger partial charge in [0.2, 0.25) is 5.91 Å². The van der Waals surface area contributed by atoms with Gasteiger partial charge in [-0.2, -0.15) is 0 Å². The summed E-state index contributed by atoms with van der Waals surface area (Å²) in [5, 5.41) is 4.89. The number of rotatable bonds is 4. The van der Waals surface area contributed by atoms with Gasteiger partial charge in [-0.25, -0.2) is 9.97 Å². The molecule has 0 saturated carbocycles. The quantitative estimate of drug-likeness (QED) is 0.545. The van der Waals surface area contributed by atoms with Gasteiger partial charge >= 0.3 is 0 Å². The van der Waals surface area contributed by atoms with Crippen LogP contribution in [0.1, 0.15) is 21.6 Å². The summed E-state index contributed by atoms with van der Waals surface area (Å²) in [4.78, 5) is 23.2. The molecule has 3 aromatic rings. The van der Waals surface area contributed by atoms with E-state index in [1.54, 1.807) is 17.7 Å². The van der Waals surface area contributed by atoms with Crippen molar-refractivity contribution in [3.05, 3.63) is 46.1 Å². The number of amides is 1. The van der Waals surface area contributed by atoms with Crippen LogP contribution in [0.5, 0.6) is 0 Å². The Labute approximate surface area is 149 Å². The molecule has 0 aliphatic rings. The minimum absolute atomic E-state index is 0.0281. The fourth-order valence-electron chi connectivity index (χ4n) is 2.41. The molecule has 0 unspecified atom stereocenters. The van der Waals surface area contributed by atoms with Crippen LogP contribution in [0.2, 0.25) is 0 Å². The molecule has 24 heavy (non-hydrogen) atoms. The number of carbonyl (C=O) groups excluding carboxylic acids is 1. The number of carbonyl (C=O) groups is 1. The number of aryl methyl sites for hydroxylation is 4. The second-order valence-corrected chi connectivity index (χ2v) is 7.95. The standard InChI is InChI=1S/C18H19N3OS2/c1-10-5-6-14(7-11(10)2)21-15(22)8-23-17-16-12(3)13(4)24-18(16)20-9-19-17/h5-7,9H,8H2,1-4H3,(H,21,22). The smallest absolute Gasteiger partial charge is 0.234 e. The van der Waals surface area contributed by atoms with Gasteiger partial charge in [0, 0.05) is 16.0 Å². The Kier molecular flexibility index (Phi) is 4.87. The highest BCUT2D eigenvalue weighted by atomic mass is 32.2. The number of anilines is 1. The Bertz CT molecular complexity index is 918. The maximum Gasteiger partial charge on any atom is 0.234 e. The molecule has 0 aliphatic heterocycles. The number of hydrogen-bond acceptors (Lipinski definition) is 5. The molecule has 124 valence electrons. The Morgan fingerprint density at radius 2 is 1.96 bits per heavy atom. The van der Waals surface area contributed by atoms with Gasteiger partial charge in [-0.15, -0.1) is 11.3 Å². The Balaban J connectivity index is 1.71. The summed E-state index contributed by atoms with van der Waals surface area (Å²) in [7, 11) is 0. The van der Waals surface area contributed by atoms with Gasteiger partial charge in [-0.05, 0) is 56.5 Å². The normalized spacial score (nSPS) is 11.0. The van der Waals surface area contributed by atoms with Crippen LogP contribution in [-0.2, 0) is 4.79 Å². The number of thiophene rings is 1. The van der Waals surface area contributed by atoms with Crippen molar-refractivity contribution in [2.45, 2.75) is 32.7 Å². The van der Waals surface area contributed by atoms with Crippen molar-refractivity contribution in [2.24, 2.45) is 0 Å². The molecular weight excluding hydrogens is 338 g/mol. The maximum absolute atomic E-state index is 12.2. The molecule has 0 radical (unpaired) electrons. The molecule has 6 heteroatoms. The van der Waals surface area contributed by atoms with Gasteiger partial charge in [0.15, 0.2) is 0 Å². The second-order valence-electron chi connectivity index (χ2n) is 5.78. The summed E-state index contributed by atoms with van der Waals surface area (Å²) in [5.41, 5.74) is 4.42. The molecule has 1 N–H and O–H groups in total. The van der Waals surface area contributed by atoms with Gasteiger partial charge < -0.3 is 5.32 Å². The molecule has 1 amide bonds. The number of thioether (sulfide) groups is 1. The Hall–Kier alpha value is -1.92. The van der Waals surface area contributed by atoms with Gasteiger partial charge in [0.1, 0.15) is 16.2 Å². The van der Waals surface area contributed by atoms with Crippen LogP contribution in [0.25, 0.3) is 10.2 Å². The molecule has 1 aromatic carbocycles. The first kappa shape index (κ1) is 16.9. The summed E-state index contributed by atoms with van der Waals surface area (Å²) < 4.78 is 0. The zero-order valence-corrected chi connectivity index (χ0v) is 15.8. The summed E-state index contributed by atoms with van der Waals surface area (Å²) in [6, 6.07) is 5.94. The van der Waals surface area contributed by atoms with Crippen molar-refractivity contribution in [3.63, 3.8) is 0 Å². The summed E-state index contributed by atoms with van der Waals surface area (Å²) in [6.07, 6.45) is 1.57. The third kappa shape index (κ3) is 3.44. The lowest BCUT2D eigenvalue weighted by atomic mass is 10.1. The average molecular weight is 358 g/mol. The van der Waals surface area contributed by atoms with Gasteiger partial charge in [0.05, 0.1) is 5.75 Å². The highest BCUT2D eigenvalue weighted by molar-refractivity contribution is 8.00. The van der Waals surface area contributed by atoms with Crippen molar-refractivity contribution in [1.29, 1.82) is 0 Å². The molecule has 0 fully saturated rings. The van der Waals surface area contributed by atoms with E-state index in [9.17, 15) is 4.79 Å². The fraction of sp³-hybridized carbons (Fsp3) is 0.278. The molecule has 2 aromatic heterocycles. The lowest BCUT2D eigenvalue weighted by molar-refractivity contribution is -0.113. The minimum Gasteiger partial charge on any atom is -0.325 e. The first-order chi connectivity index (χ1) is 11.5. The van der Waals surface area contributed by atoms with Crippen molar-refractivity contribution < 1.29 is 4.79 Å². The molecular formula is C18H19N3OS2. The number of benzene rings is 1. The van der Waals surface area contributed by atoms with Gasteiger partial charge in [0.25, 0.3) is 0 Å². The van der Waals surface area contributed by atoms with Crippen LogP contribution in [0.15, 0.2) is 29.6 Å². The molecule has 0 atom stereocenters. The third-order valence-electron chi connectivity index (χ3n) is 4.06. The van der Waals surface area contributed by atoms with E-state index in [1.807, 2.05) is 25.1 Å². The first-order valence-corrected chi connectivity index (χ1v) is 9.46. The van der Waals surface area contributed by atoms with E-state index >= 15 is 0 Å². The largest absolute Gasteiger partial charge is 0.325 e. The predicted octanol–water partition coefficient (Wildman–Crippen LogP) is 4.66. The number of fused-ring (bicyclic) bond motifs is 1. The van der Waals surface area contributed by atoms with Crippen molar-refractivity contribution in [3.8, 4) is 0 Å². The van der Waals surface area contributed by atoms with Crippen molar-refractivity contribution >= 4 is 44.9 Å². The first-order valence-electron chi connectivity index (χ1n) is 7.66. The molecule has 0 saturated heterocycles. The SMILES string of the molecule is Cc1ccc(NC(=O)CSc2ncnc3sc(C)c(C)c23)cc1C. The fourth-order valence-corrected chi connectivity index (χ4v) is 4.33. The van der Waals surface area contributed by atoms with Crippen LogP contribution in [-0.4, -0.2) is 21.6 Å². The minimum atomic E-state index is -0.0281. The van der Waals surface area contributed by atoms with E-state index in [0.717, 1.165) is 20.9 Å². The molecule has 2 heterocycles. The van der Waals surface area contributed by atoms with E-state index in [2.05, 4.69) is 36.1 Å². The van der Waals surface area contributed by atoms with Crippen molar-refractivity contribution in [1.82, 2.24) is 9.97 Å². The molecule has 0 spiro atoms. The highest BCUT2D eigenvalue weighted by Crippen LogP contribution is 2.34. The average Bonchev–Trinajstić information content (AvgIpc) is 2.84. The second kappa shape index (κ2) is 6.91. The van der Waals surface area contributed by atoms with E-state index in [1.165, 1.54) is 33.3 Å². The summed E-state index contributed by atoms with van der Waals surface area (Å²) in [6.45, 7) is 8.26. The van der Waals surface area contributed by atoms with Gasteiger partial charge in [-0.3, -0.25) is 4.79 Å². The van der Waals surface area contributed by atoms with E-state index in [-0.39, 0.29) is 5.91 Å². The summed E-state index contributed by atoms with van der Waals surface area (Å²) in [5.74, 6) is 0.299. The maximum atomic E-state index is 12.2. The zero-order chi connectivity index (χ0) is 17.3. The van der Waals surface area contributed by atoms with Crippen LogP contribution < -0.4 is 5.32 Å². The lowest BCUT2D eigenvalue weighted by Crippen LogP contribution is -2.14. The lowest BCUT2D eigenvalue weighted by Gasteiger charge is -2.08. The number of hydrogen-bond donors (Lipinski definition) is 1. The van der Waals surface area contributed by atoms with Gasteiger partial charge in [-0.1, -0.05) is 17.8 Å². The number of aromatic nitrogens is 2. The summed E-state index contributed by atoms with van der Waals surface area (Å²) >= 11 is 3.12. The zero-order valence-electron chi connectivity index (χ0n) is 14.1. The molecule has 0 bridgehead atoms. The van der Waals surface area contributed by atoms with E-state index in [0.29, 0.717) is 5.75 Å². The Morgan fingerprint density at radius 1 is 1.17 bits per heavy atom. The number of nitrogens with zero attached hydrogens (tertiary/aromatic N) is 2. The molecule has 0 aliphatic carbocycles. The van der Waals surface area contributed by atoms with Crippen LogP contribution in [0.3, 0.4) is 0 Å². The third-order valence-corrected chi connectivity index (χ3v) is 6.17. The van der Waals surface area contributed by atoms with Crippen molar-refractivity contribution in [2.75, 3.05) is 11.1 Å². The predicted molar refractivity (Wildman–Crippen MR) is 102 cm³/mol. The highest BCUT2D eigenvalue weighted by Gasteiger charge is 2.13. The van der Waals surface area contributed by atoms with E-state index in [4.69, 9.17) is 0 Å². The topological polar surface area (TPSA) is 54.9 Å². The van der Waals surface area contributed by atoms with E-state index < -0.39 is 0 Å². The molecule has 3 rings (SSSR count). The van der Waals surface area contributed by atoms with Crippen LogP contribution >= 0.6 is 23.1 Å². The monoisotopic (exact) mass is 357 g/mol. The Morgan fingerprint density at radius 3 is 2.71 bits per heavy atom. The van der Waals surface area contributed by atoms with Crippen LogP contribution in [0, 0.1) is 27.7 Å². The molecule has 4 nitrogen and oxygen atoms in total. The van der Waals surface area contributed by atoms with Crippen LogP contribution in [0.4, 0.5) is 5.69 Å².